The highest BCUT2D eigenvalue weighted by Gasteiger charge is 2.23. The maximum absolute atomic E-state index is 13.5. The fourth-order valence-electron chi connectivity index (χ4n) is 2.13. The standard InChI is InChI=1S/C13H14FN3O/c1-18-12-3-10(14)2-11(4-12)17-8-16-7-13(17)9-5-15-6-9/h2-4,7-9,15H,5-6H2,1H3. The van der Waals surface area contributed by atoms with Gasteiger partial charge in [-0.15, -0.1) is 0 Å². The van der Waals surface area contributed by atoms with Crippen LogP contribution in [0.25, 0.3) is 5.69 Å². The van der Waals surface area contributed by atoms with Crippen LogP contribution in [0.1, 0.15) is 11.6 Å². The number of aromatic nitrogens is 2. The van der Waals surface area contributed by atoms with E-state index in [9.17, 15) is 4.39 Å². The predicted molar refractivity (Wildman–Crippen MR) is 65.7 cm³/mol. The van der Waals surface area contributed by atoms with Crippen LogP contribution in [0.3, 0.4) is 0 Å². The van der Waals surface area contributed by atoms with Crippen molar-refractivity contribution in [2.45, 2.75) is 5.92 Å². The fourth-order valence-corrected chi connectivity index (χ4v) is 2.13. The van der Waals surface area contributed by atoms with Crippen LogP contribution in [-0.2, 0) is 0 Å². The minimum atomic E-state index is -0.310. The molecule has 0 spiro atoms. The Labute approximate surface area is 104 Å². The molecule has 0 amide bonds. The van der Waals surface area contributed by atoms with Gasteiger partial charge in [-0.3, -0.25) is 0 Å². The van der Waals surface area contributed by atoms with Crippen LogP contribution in [0.15, 0.2) is 30.7 Å². The second kappa shape index (κ2) is 4.42. The first kappa shape index (κ1) is 11.2. The molecule has 1 fully saturated rings. The summed E-state index contributed by atoms with van der Waals surface area (Å²) in [5.41, 5.74) is 1.84. The molecule has 1 N–H and O–H groups in total. The zero-order chi connectivity index (χ0) is 12.5. The molecule has 0 aliphatic carbocycles. The summed E-state index contributed by atoms with van der Waals surface area (Å²) in [6.07, 6.45) is 3.55. The molecule has 0 atom stereocenters. The molecule has 0 radical (unpaired) electrons. The van der Waals surface area contributed by atoms with E-state index in [0.717, 1.165) is 24.5 Å². The van der Waals surface area contributed by atoms with E-state index in [2.05, 4.69) is 10.3 Å². The van der Waals surface area contributed by atoms with Gasteiger partial charge in [0.25, 0.3) is 0 Å². The van der Waals surface area contributed by atoms with Crippen molar-refractivity contribution < 1.29 is 9.13 Å². The summed E-state index contributed by atoms with van der Waals surface area (Å²) in [5, 5.41) is 3.22. The van der Waals surface area contributed by atoms with Crippen LogP contribution in [0, 0.1) is 5.82 Å². The lowest BCUT2D eigenvalue weighted by Crippen LogP contribution is -2.40. The second-order valence-electron chi connectivity index (χ2n) is 4.39. The van der Waals surface area contributed by atoms with Crippen molar-refractivity contribution >= 4 is 0 Å². The number of hydrogen-bond acceptors (Lipinski definition) is 3. The molecule has 0 bridgehead atoms. The third-order valence-electron chi connectivity index (χ3n) is 3.24. The summed E-state index contributed by atoms with van der Waals surface area (Å²) < 4.78 is 20.5. The van der Waals surface area contributed by atoms with E-state index >= 15 is 0 Å². The maximum Gasteiger partial charge on any atom is 0.128 e. The third kappa shape index (κ3) is 1.86. The molecule has 0 saturated carbocycles. The minimum absolute atomic E-state index is 0.310. The van der Waals surface area contributed by atoms with E-state index in [1.54, 1.807) is 12.4 Å². The Morgan fingerprint density at radius 1 is 1.39 bits per heavy atom. The molecule has 4 nitrogen and oxygen atoms in total. The number of halogens is 1. The van der Waals surface area contributed by atoms with Gasteiger partial charge in [0, 0.05) is 43.0 Å². The van der Waals surface area contributed by atoms with Crippen molar-refractivity contribution in [1.82, 2.24) is 14.9 Å². The van der Waals surface area contributed by atoms with Crippen molar-refractivity contribution in [3.63, 3.8) is 0 Å². The smallest absolute Gasteiger partial charge is 0.128 e. The molecule has 1 aliphatic heterocycles. The first-order chi connectivity index (χ1) is 8.78. The summed E-state index contributed by atoms with van der Waals surface area (Å²) in [6.45, 7) is 1.89. The molecule has 18 heavy (non-hydrogen) atoms. The average molecular weight is 247 g/mol. The van der Waals surface area contributed by atoms with Crippen molar-refractivity contribution in [1.29, 1.82) is 0 Å². The highest BCUT2D eigenvalue weighted by molar-refractivity contribution is 5.41. The molecule has 1 aromatic heterocycles. The molecular formula is C13H14FN3O. The quantitative estimate of drug-likeness (QED) is 0.897. The lowest BCUT2D eigenvalue weighted by molar-refractivity contribution is 0.410. The van der Waals surface area contributed by atoms with E-state index in [4.69, 9.17) is 4.74 Å². The Morgan fingerprint density at radius 3 is 2.89 bits per heavy atom. The zero-order valence-electron chi connectivity index (χ0n) is 10.1. The normalized spacial score (nSPS) is 15.4. The SMILES string of the molecule is COc1cc(F)cc(-n2cncc2C2CNC2)c1. The number of nitrogens with zero attached hydrogens (tertiary/aromatic N) is 2. The number of benzene rings is 1. The summed E-state index contributed by atoms with van der Waals surface area (Å²) >= 11 is 0. The number of methoxy groups -OCH3 is 1. The highest BCUT2D eigenvalue weighted by atomic mass is 19.1. The van der Waals surface area contributed by atoms with Crippen LogP contribution >= 0.6 is 0 Å². The van der Waals surface area contributed by atoms with Crippen LogP contribution in [0.5, 0.6) is 5.75 Å². The van der Waals surface area contributed by atoms with E-state index in [-0.39, 0.29) is 5.82 Å². The maximum atomic E-state index is 13.5. The zero-order valence-corrected chi connectivity index (χ0v) is 10.1. The number of imidazole rings is 1. The first-order valence-corrected chi connectivity index (χ1v) is 5.86. The summed E-state index contributed by atoms with van der Waals surface area (Å²) in [6, 6.07) is 4.66. The third-order valence-corrected chi connectivity index (χ3v) is 3.24. The molecule has 2 heterocycles. The second-order valence-corrected chi connectivity index (χ2v) is 4.39. The van der Waals surface area contributed by atoms with Crippen molar-refractivity contribution in [3.8, 4) is 11.4 Å². The van der Waals surface area contributed by atoms with Crippen LogP contribution < -0.4 is 10.1 Å². The van der Waals surface area contributed by atoms with Gasteiger partial charge in [0.2, 0.25) is 0 Å². The molecule has 3 rings (SSSR count). The molecule has 5 heteroatoms. The topological polar surface area (TPSA) is 39.1 Å². The van der Waals surface area contributed by atoms with Gasteiger partial charge in [0.05, 0.1) is 19.1 Å². The van der Waals surface area contributed by atoms with E-state index in [1.165, 1.54) is 19.2 Å². The lowest BCUT2D eigenvalue weighted by Gasteiger charge is -2.27. The lowest BCUT2D eigenvalue weighted by atomic mass is 10.00. The number of hydrogen-bond donors (Lipinski definition) is 1. The Kier molecular flexibility index (Phi) is 2.76. The molecule has 2 aromatic rings. The average Bonchev–Trinajstić information content (AvgIpc) is 2.74. The molecule has 1 saturated heterocycles. The van der Waals surface area contributed by atoms with Gasteiger partial charge in [0.1, 0.15) is 11.6 Å². The van der Waals surface area contributed by atoms with Crippen LogP contribution in [0.2, 0.25) is 0 Å². The number of nitrogens with one attached hydrogen (secondary N) is 1. The van der Waals surface area contributed by atoms with Crippen LogP contribution in [0.4, 0.5) is 4.39 Å². The van der Waals surface area contributed by atoms with Gasteiger partial charge in [-0.05, 0) is 6.07 Å². The number of rotatable bonds is 3. The Balaban J connectivity index is 2.03. The summed E-state index contributed by atoms with van der Waals surface area (Å²) in [4.78, 5) is 4.16. The Bertz CT molecular complexity index is 563. The van der Waals surface area contributed by atoms with Crippen molar-refractivity contribution in [2.24, 2.45) is 0 Å². The molecule has 94 valence electrons. The molecule has 1 aliphatic rings. The van der Waals surface area contributed by atoms with Gasteiger partial charge < -0.3 is 14.6 Å². The van der Waals surface area contributed by atoms with Gasteiger partial charge in [-0.1, -0.05) is 0 Å². The van der Waals surface area contributed by atoms with Gasteiger partial charge in [-0.2, -0.15) is 0 Å². The van der Waals surface area contributed by atoms with Gasteiger partial charge in [-0.25, -0.2) is 9.37 Å². The van der Waals surface area contributed by atoms with Crippen molar-refractivity contribution in [2.75, 3.05) is 20.2 Å². The molecular weight excluding hydrogens is 233 g/mol. The molecule has 1 aromatic carbocycles. The van der Waals surface area contributed by atoms with E-state index in [0.29, 0.717) is 11.7 Å². The largest absolute Gasteiger partial charge is 0.497 e. The fraction of sp³-hybridized carbons (Fsp3) is 0.308. The summed E-state index contributed by atoms with van der Waals surface area (Å²) in [7, 11) is 1.53. The Morgan fingerprint density at radius 2 is 2.22 bits per heavy atom. The van der Waals surface area contributed by atoms with Gasteiger partial charge in [0.15, 0.2) is 0 Å². The van der Waals surface area contributed by atoms with E-state index < -0.39 is 0 Å². The summed E-state index contributed by atoms with van der Waals surface area (Å²) in [5.74, 6) is 0.647. The van der Waals surface area contributed by atoms with Crippen molar-refractivity contribution in [3.05, 3.63) is 42.2 Å². The van der Waals surface area contributed by atoms with Crippen LogP contribution in [-0.4, -0.2) is 29.8 Å². The minimum Gasteiger partial charge on any atom is -0.497 e. The van der Waals surface area contributed by atoms with E-state index in [1.807, 2.05) is 10.8 Å². The highest BCUT2D eigenvalue weighted by Crippen LogP contribution is 2.25. The molecule has 0 unspecified atom stereocenters. The first-order valence-electron chi connectivity index (χ1n) is 5.86. The monoisotopic (exact) mass is 247 g/mol. The number of ether oxygens (including phenoxy) is 1. The Hall–Kier alpha value is -1.88. The predicted octanol–water partition coefficient (Wildman–Crippen LogP) is 1.71. The van der Waals surface area contributed by atoms with Gasteiger partial charge >= 0.3 is 0 Å².